The summed E-state index contributed by atoms with van der Waals surface area (Å²) < 4.78 is 2.63. The van der Waals surface area contributed by atoms with Crippen molar-refractivity contribution in [3.05, 3.63) is 38.7 Å². The minimum absolute atomic E-state index is 0.439. The summed E-state index contributed by atoms with van der Waals surface area (Å²) in [6.07, 6.45) is 4.18. The van der Waals surface area contributed by atoms with Gasteiger partial charge in [0.1, 0.15) is 0 Å². The maximum atomic E-state index is 11.8. The van der Waals surface area contributed by atoms with Gasteiger partial charge in [0, 0.05) is 5.69 Å². The first kappa shape index (κ1) is 14.3. The van der Waals surface area contributed by atoms with Gasteiger partial charge in [-0.1, -0.05) is 0 Å². The molecule has 21 heavy (non-hydrogen) atoms. The molecular weight excluding hydrogens is 332 g/mol. The van der Waals surface area contributed by atoms with Crippen molar-refractivity contribution in [1.29, 1.82) is 0 Å². The van der Waals surface area contributed by atoms with E-state index in [4.69, 9.17) is 10.7 Å². The lowest BCUT2D eigenvalue weighted by atomic mass is 9.94. The fraction of sp³-hybridized carbons (Fsp3) is 0.400. The molecule has 0 unspecified atom stereocenters. The zero-order valence-electron chi connectivity index (χ0n) is 12.1. The van der Waals surface area contributed by atoms with Crippen molar-refractivity contribution in [2.45, 2.75) is 39.5 Å². The third-order valence-electron chi connectivity index (χ3n) is 3.95. The average molecular weight is 349 g/mol. The van der Waals surface area contributed by atoms with Crippen molar-refractivity contribution < 1.29 is 4.79 Å². The minimum atomic E-state index is -0.463. The summed E-state index contributed by atoms with van der Waals surface area (Å²) in [5.74, 6) is 0.0731. The highest BCUT2D eigenvalue weighted by Crippen LogP contribution is 2.27. The molecule has 6 heteroatoms. The molecule has 0 atom stereocenters. The van der Waals surface area contributed by atoms with E-state index in [9.17, 15) is 4.79 Å². The van der Waals surface area contributed by atoms with Crippen LogP contribution in [0.25, 0.3) is 5.82 Å². The molecule has 0 radical (unpaired) electrons. The maximum absolute atomic E-state index is 11.8. The van der Waals surface area contributed by atoms with Crippen molar-refractivity contribution >= 4 is 21.8 Å². The molecule has 2 aromatic heterocycles. The second-order valence-electron chi connectivity index (χ2n) is 5.43. The smallest absolute Gasteiger partial charge is 0.252 e. The Morgan fingerprint density at radius 2 is 2.05 bits per heavy atom. The summed E-state index contributed by atoms with van der Waals surface area (Å²) in [5.41, 5.74) is 9.96. The lowest BCUT2D eigenvalue weighted by molar-refractivity contribution is 0.0999. The summed E-state index contributed by atoms with van der Waals surface area (Å²) in [6, 6.07) is 1.89. The molecule has 0 aromatic carbocycles. The van der Waals surface area contributed by atoms with E-state index in [1.807, 2.05) is 19.9 Å². The van der Waals surface area contributed by atoms with Crippen LogP contribution in [0.3, 0.4) is 0 Å². The third-order valence-corrected chi connectivity index (χ3v) is 5.10. The number of hydrogen-bond acceptors (Lipinski definition) is 3. The molecule has 0 fully saturated rings. The number of amides is 1. The Morgan fingerprint density at radius 1 is 1.33 bits per heavy atom. The SMILES string of the molecule is Cc1nn(-c2nc3c(cc2C(N)=O)CCCC3)c(C)c1Br. The van der Waals surface area contributed by atoms with Gasteiger partial charge in [0.25, 0.3) is 5.91 Å². The van der Waals surface area contributed by atoms with Crippen molar-refractivity contribution in [2.75, 3.05) is 0 Å². The average Bonchev–Trinajstić information content (AvgIpc) is 2.73. The van der Waals surface area contributed by atoms with Gasteiger partial charge in [-0.3, -0.25) is 4.79 Å². The van der Waals surface area contributed by atoms with Crippen molar-refractivity contribution in [3.63, 3.8) is 0 Å². The van der Waals surface area contributed by atoms with Gasteiger partial charge >= 0.3 is 0 Å². The van der Waals surface area contributed by atoms with Crippen LogP contribution in [0.15, 0.2) is 10.5 Å². The highest BCUT2D eigenvalue weighted by molar-refractivity contribution is 9.10. The molecule has 0 saturated heterocycles. The van der Waals surface area contributed by atoms with Gasteiger partial charge in [-0.15, -0.1) is 0 Å². The number of pyridine rings is 1. The van der Waals surface area contributed by atoms with E-state index in [0.29, 0.717) is 11.4 Å². The molecule has 0 saturated carbocycles. The first-order chi connectivity index (χ1) is 9.99. The van der Waals surface area contributed by atoms with Crippen molar-refractivity contribution in [3.8, 4) is 5.82 Å². The Labute approximate surface area is 131 Å². The van der Waals surface area contributed by atoms with E-state index in [1.54, 1.807) is 4.68 Å². The zero-order valence-corrected chi connectivity index (χ0v) is 13.7. The van der Waals surface area contributed by atoms with Gasteiger partial charge < -0.3 is 5.73 Å². The number of nitrogens with zero attached hydrogens (tertiary/aromatic N) is 3. The summed E-state index contributed by atoms with van der Waals surface area (Å²) in [4.78, 5) is 16.5. The van der Waals surface area contributed by atoms with E-state index >= 15 is 0 Å². The first-order valence-electron chi connectivity index (χ1n) is 7.03. The molecule has 1 aliphatic rings. The number of rotatable bonds is 2. The minimum Gasteiger partial charge on any atom is -0.365 e. The molecule has 0 bridgehead atoms. The van der Waals surface area contributed by atoms with Gasteiger partial charge in [-0.05, 0) is 67.1 Å². The molecule has 3 rings (SSSR count). The Hall–Kier alpha value is -1.69. The predicted molar refractivity (Wildman–Crippen MR) is 83.7 cm³/mol. The van der Waals surface area contributed by atoms with Gasteiger partial charge in [0.05, 0.1) is 21.4 Å². The highest BCUT2D eigenvalue weighted by Gasteiger charge is 2.21. The van der Waals surface area contributed by atoms with E-state index in [0.717, 1.165) is 52.8 Å². The van der Waals surface area contributed by atoms with Gasteiger partial charge in [-0.2, -0.15) is 5.10 Å². The number of carbonyl (C=O) groups excluding carboxylic acids is 1. The number of aryl methyl sites for hydroxylation is 3. The van der Waals surface area contributed by atoms with E-state index < -0.39 is 5.91 Å². The maximum Gasteiger partial charge on any atom is 0.252 e. The van der Waals surface area contributed by atoms with Gasteiger partial charge in [0.15, 0.2) is 5.82 Å². The molecular formula is C15H17BrN4O. The number of hydrogen-bond donors (Lipinski definition) is 1. The Morgan fingerprint density at radius 3 is 2.67 bits per heavy atom. The van der Waals surface area contributed by atoms with Crippen LogP contribution in [0.1, 0.15) is 45.8 Å². The summed E-state index contributed by atoms with van der Waals surface area (Å²) in [5, 5.41) is 4.47. The van der Waals surface area contributed by atoms with Crippen molar-refractivity contribution in [1.82, 2.24) is 14.8 Å². The molecule has 1 aliphatic carbocycles. The van der Waals surface area contributed by atoms with E-state index in [2.05, 4.69) is 21.0 Å². The van der Waals surface area contributed by atoms with Crippen LogP contribution in [0.5, 0.6) is 0 Å². The van der Waals surface area contributed by atoms with Crippen LogP contribution < -0.4 is 5.73 Å². The van der Waals surface area contributed by atoms with Crippen LogP contribution in [-0.2, 0) is 12.8 Å². The van der Waals surface area contributed by atoms with Crippen LogP contribution in [-0.4, -0.2) is 20.7 Å². The lowest BCUT2D eigenvalue weighted by Gasteiger charge is -2.18. The zero-order chi connectivity index (χ0) is 15.1. The van der Waals surface area contributed by atoms with E-state index in [-0.39, 0.29) is 0 Å². The third kappa shape index (κ3) is 2.37. The summed E-state index contributed by atoms with van der Waals surface area (Å²) in [6.45, 7) is 3.85. The fourth-order valence-electron chi connectivity index (χ4n) is 2.80. The van der Waals surface area contributed by atoms with Crippen LogP contribution in [0, 0.1) is 13.8 Å². The van der Waals surface area contributed by atoms with Crippen LogP contribution >= 0.6 is 15.9 Å². The first-order valence-corrected chi connectivity index (χ1v) is 7.83. The predicted octanol–water partition coefficient (Wildman–Crippen LogP) is 2.62. The molecule has 1 amide bonds. The number of primary amides is 1. The largest absolute Gasteiger partial charge is 0.365 e. The van der Waals surface area contributed by atoms with Gasteiger partial charge in [0.2, 0.25) is 0 Å². The number of aromatic nitrogens is 3. The molecule has 2 N–H and O–H groups in total. The molecule has 2 aromatic rings. The Kier molecular flexibility index (Phi) is 3.57. The van der Waals surface area contributed by atoms with Crippen molar-refractivity contribution in [2.24, 2.45) is 5.73 Å². The number of carbonyl (C=O) groups is 1. The lowest BCUT2D eigenvalue weighted by Crippen LogP contribution is -2.20. The molecule has 110 valence electrons. The number of fused-ring (bicyclic) bond motifs is 1. The Bertz CT molecular complexity index is 736. The second-order valence-corrected chi connectivity index (χ2v) is 6.23. The number of halogens is 1. The quantitative estimate of drug-likeness (QED) is 0.906. The fourth-order valence-corrected chi connectivity index (χ4v) is 3.04. The molecule has 2 heterocycles. The summed E-state index contributed by atoms with van der Waals surface area (Å²) >= 11 is 3.51. The monoisotopic (exact) mass is 348 g/mol. The highest BCUT2D eigenvalue weighted by atomic mass is 79.9. The number of nitrogens with two attached hydrogens (primary N) is 1. The Balaban J connectivity index is 2.25. The topological polar surface area (TPSA) is 73.8 Å². The molecule has 5 nitrogen and oxygen atoms in total. The van der Waals surface area contributed by atoms with Crippen LogP contribution in [0.2, 0.25) is 0 Å². The summed E-state index contributed by atoms with van der Waals surface area (Å²) in [7, 11) is 0. The van der Waals surface area contributed by atoms with Crippen LogP contribution in [0.4, 0.5) is 0 Å². The standard InChI is InChI=1S/C15H17BrN4O/c1-8-13(16)9(2)20(19-8)15-11(14(17)21)7-10-5-3-4-6-12(10)18-15/h7H,3-6H2,1-2H3,(H2,17,21). The van der Waals surface area contributed by atoms with E-state index in [1.165, 1.54) is 0 Å². The normalized spacial score (nSPS) is 14.0. The second kappa shape index (κ2) is 5.26. The van der Waals surface area contributed by atoms with Gasteiger partial charge in [-0.25, -0.2) is 9.67 Å². The molecule has 0 aliphatic heterocycles. The molecule has 0 spiro atoms.